The van der Waals surface area contributed by atoms with Crippen LogP contribution in [0.1, 0.15) is 51.7 Å². The molecule has 4 aromatic carbocycles. The van der Waals surface area contributed by atoms with Gasteiger partial charge in [0.05, 0.1) is 85.8 Å². The number of aromatic nitrogens is 6. The summed E-state index contributed by atoms with van der Waals surface area (Å²) in [6.07, 6.45) is 12.0. The van der Waals surface area contributed by atoms with Crippen molar-refractivity contribution in [1.29, 1.82) is 0 Å². The van der Waals surface area contributed by atoms with Crippen molar-refractivity contribution in [1.82, 2.24) is 38.9 Å². The third-order valence-electron chi connectivity index (χ3n) is 13.9. The third kappa shape index (κ3) is 12.6. The molecule has 4 aliphatic heterocycles. The van der Waals surface area contributed by atoms with E-state index in [2.05, 4.69) is 44.5 Å². The third-order valence-corrected chi connectivity index (χ3v) is 14.4. The van der Waals surface area contributed by atoms with E-state index in [0.29, 0.717) is 71.3 Å². The first-order chi connectivity index (χ1) is 37.3. The molecule has 0 saturated carbocycles. The van der Waals surface area contributed by atoms with E-state index in [-0.39, 0.29) is 38.2 Å². The van der Waals surface area contributed by atoms with Crippen LogP contribution >= 0.6 is 23.2 Å². The van der Waals surface area contributed by atoms with Crippen LogP contribution in [-0.4, -0.2) is 120 Å². The zero-order valence-electron chi connectivity index (χ0n) is 42.3. The molecule has 2 saturated heterocycles. The SMILES string of the molecule is C.C.Cc1cc(F)c([N+](=O)[O-])cc1Nc1ncc(Cl)c(-c2cn3c4c(cccc24)OCC3)n1.Cc1cc(OCCN2CCCC2)c([N+](=O)[O-])cc1Nc1ncc(Cl)c(-c2cn3c4c(cccc24)OCC3)n1.OCCN1CCCC1. The van der Waals surface area contributed by atoms with E-state index in [4.69, 9.17) is 47.5 Å². The highest BCUT2D eigenvalue weighted by Gasteiger charge is 2.25. The van der Waals surface area contributed by atoms with Gasteiger partial charge in [-0.25, -0.2) is 19.9 Å². The molecule has 0 radical (unpaired) electrons. The van der Waals surface area contributed by atoms with Crippen LogP contribution in [0.15, 0.2) is 85.5 Å². The summed E-state index contributed by atoms with van der Waals surface area (Å²) < 4.78 is 35.5. The Bertz CT molecular complexity index is 3510. The first-order valence-electron chi connectivity index (χ1n) is 25.3. The number of ether oxygens (including phenoxy) is 3. The van der Waals surface area contributed by atoms with Crippen LogP contribution in [0.25, 0.3) is 44.3 Å². The van der Waals surface area contributed by atoms with Gasteiger partial charge in [-0.15, -0.1) is 0 Å². The highest BCUT2D eigenvalue weighted by atomic mass is 35.5. The van der Waals surface area contributed by atoms with Crippen molar-refractivity contribution in [3.63, 3.8) is 0 Å². The predicted octanol–water partition coefficient (Wildman–Crippen LogP) is 12.2. The van der Waals surface area contributed by atoms with Gasteiger partial charge in [-0.05, 0) is 101 Å². The van der Waals surface area contributed by atoms with Crippen LogP contribution in [0.3, 0.4) is 0 Å². The lowest BCUT2D eigenvalue weighted by Gasteiger charge is -2.16. The van der Waals surface area contributed by atoms with Crippen LogP contribution in [0.4, 0.5) is 39.0 Å². The number of anilines is 4. The lowest BCUT2D eigenvalue weighted by Crippen LogP contribution is -2.25. The van der Waals surface area contributed by atoms with Crippen molar-refractivity contribution in [3.05, 3.63) is 133 Å². The van der Waals surface area contributed by atoms with Crippen LogP contribution in [0, 0.1) is 39.9 Å². The standard InChI is InChI=1S/C27H27ClN6O4.C21H15ClFN5O3.C6H13NO.2CH4/c1-17-13-24(38-11-9-32-7-2-3-8-32)22(34(35)36)14-21(17)30-27-29-15-20(28)25(31-27)19-16-33-10-12-37-23-6-4-5-18(19)26(23)33;1-11-7-15(23)17(28(29)30)8-16(11)25-21-24-9-14(22)19(26-21)13-10-27-5-6-31-18-4-2-3-12(13)20(18)27;8-6-5-7-3-1-2-4-7;;/h4-6,13-16H,2-3,7-12H2,1H3,(H,29,30,31);2-4,7-10H,5-6H2,1H3,(H,24,25,26);8H,1-6H2;2*1H4. The second-order valence-electron chi connectivity index (χ2n) is 18.9. The fraction of sp³-hybridized carbons (Fsp3) is 0.357. The number of para-hydroxylation sites is 2. The van der Waals surface area contributed by atoms with Gasteiger partial charge < -0.3 is 44.0 Å². The van der Waals surface area contributed by atoms with E-state index < -0.39 is 21.4 Å². The molecule has 8 aromatic rings. The average molecular weight is 1120 g/mol. The number of hydrogen-bond acceptors (Lipinski definition) is 16. The number of halogens is 3. The number of nitro benzene ring substituents is 2. The van der Waals surface area contributed by atoms with Crippen molar-refractivity contribution >= 4 is 79.7 Å². The van der Waals surface area contributed by atoms with Gasteiger partial charge in [-0.1, -0.05) is 62.3 Å². The Morgan fingerprint density at radius 2 is 1.15 bits per heavy atom. The molecule has 0 spiro atoms. The Kier molecular flexibility index (Phi) is 18.5. The van der Waals surface area contributed by atoms with Crippen LogP contribution in [0.2, 0.25) is 10.0 Å². The molecule has 79 heavy (non-hydrogen) atoms. The maximum atomic E-state index is 13.8. The first-order valence-corrected chi connectivity index (χ1v) is 26.1. The molecule has 4 aliphatic rings. The molecule has 0 unspecified atom stereocenters. The lowest BCUT2D eigenvalue weighted by molar-refractivity contribution is -0.387. The predicted molar refractivity (Wildman–Crippen MR) is 307 cm³/mol. The molecule has 2 fully saturated rings. The van der Waals surface area contributed by atoms with Gasteiger partial charge in [0.2, 0.25) is 17.7 Å². The molecule has 23 heteroatoms. The number of nitrogens with zero attached hydrogens (tertiary/aromatic N) is 10. The summed E-state index contributed by atoms with van der Waals surface area (Å²) in [4.78, 5) is 44.1. The van der Waals surface area contributed by atoms with Gasteiger partial charge in [-0.3, -0.25) is 25.1 Å². The zero-order chi connectivity index (χ0) is 53.7. The number of nitro groups is 2. The monoisotopic (exact) mass is 1120 g/mol. The number of benzene rings is 4. The maximum absolute atomic E-state index is 13.8. The molecule has 0 atom stereocenters. The van der Waals surface area contributed by atoms with Crippen LogP contribution in [-0.2, 0) is 13.1 Å². The number of likely N-dealkylation sites (tertiary alicyclic amines) is 2. The minimum atomic E-state index is -0.901. The fourth-order valence-electron chi connectivity index (χ4n) is 10.0. The van der Waals surface area contributed by atoms with Crippen molar-refractivity contribution < 1.29 is 33.6 Å². The van der Waals surface area contributed by atoms with Gasteiger partial charge in [-0.2, -0.15) is 4.39 Å². The molecule has 0 amide bonds. The Morgan fingerprint density at radius 3 is 1.63 bits per heavy atom. The quantitative estimate of drug-likeness (QED) is 0.0679. The van der Waals surface area contributed by atoms with Crippen molar-refractivity contribution in [2.24, 2.45) is 0 Å². The maximum Gasteiger partial charge on any atom is 0.313 e. The van der Waals surface area contributed by atoms with Gasteiger partial charge in [0, 0.05) is 59.5 Å². The molecule has 12 rings (SSSR count). The van der Waals surface area contributed by atoms with Gasteiger partial charge in [0.15, 0.2) is 5.75 Å². The minimum Gasteiger partial charge on any atom is -0.490 e. The van der Waals surface area contributed by atoms with Gasteiger partial charge in [0.25, 0.3) is 0 Å². The first kappa shape index (κ1) is 57.5. The number of β-amino-alcohol motifs (C(OH)–C–C–N with tert-alkyl or cyclic N) is 1. The highest BCUT2D eigenvalue weighted by Crippen LogP contribution is 2.42. The number of aryl methyl sites for hydroxylation is 2. The summed E-state index contributed by atoms with van der Waals surface area (Å²) in [7, 11) is 0. The lowest BCUT2D eigenvalue weighted by atomic mass is 10.1. The number of nitrogens with one attached hydrogen (secondary N) is 2. The Balaban J connectivity index is 0.000000181. The van der Waals surface area contributed by atoms with Crippen LogP contribution in [0.5, 0.6) is 17.2 Å². The van der Waals surface area contributed by atoms with E-state index in [1.165, 1.54) is 57.2 Å². The zero-order valence-corrected chi connectivity index (χ0v) is 43.8. The summed E-state index contributed by atoms with van der Waals surface area (Å²) in [6, 6.07) is 17.1. The van der Waals surface area contributed by atoms with Crippen molar-refractivity contribution in [3.8, 4) is 39.8 Å². The summed E-state index contributed by atoms with van der Waals surface area (Å²) >= 11 is 13.0. The second kappa shape index (κ2) is 25.4. The smallest absolute Gasteiger partial charge is 0.313 e. The van der Waals surface area contributed by atoms with E-state index in [9.17, 15) is 24.6 Å². The second-order valence-corrected chi connectivity index (χ2v) is 19.8. The molecule has 0 aliphatic carbocycles. The molecule has 416 valence electrons. The van der Waals surface area contributed by atoms with Crippen molar-refractivity contribution in [2.45, 2.75) is 67.5 Å². The number of aliphatic hydroxyl groups is 1. The number of rotatable bonds is 14. The molecular weight excluding hydrogens is 1060 g/mol. The average Bonchev–Trinajstić information content (AvgIpc) is 4.28. The normalized spacial score (nSPS) is 14.4. The largest absolute Gasteiger partial charge is 0.490 e. The number of aliphatic hydroxyl groups excluding tert-OH is 1. The summed E-state index contributed by atoms with van der Waals surface area (Å²) in [6.45, 7) is 12.9. The topological polar surface area (TPSA) is 226 Å². The summed E-state index contributed by atoms with van der Waals surface area (Å²) in [5.74, 6) is 1.45. The molecule has 0 bridgehead atoms. The minimum absolute atomic E-state index is 0. The van der Waals surface area contributed by atoms with E-state index >= 15 is 0 Å². The Labute approximate surface area is 466 Å². The van der Waals surface area contributed by atoms with E-state index in [1.807, 2.05) is 55.7 Å². The molecule has 8 heterocycles. The van der Waals surface area contributed by atoms with Crippen molar-refractivity contribution in [2.75, 3.05) is 76.3 Å². The van der Waals surface area contributed by atoms with E-state index in [0.717, 1.165) is 94.9 Å². The fourth-order valence-corrected chi connectivity index (χ4v) is 10.4. The van der Waals surface area contributed by atoms with Crippen LogP contribution < -0.4 is 24.8 Å². The molecule has 4 aromatic heterocycles. The molecular formula is C56H63Cl2FN12O8. The van der Waals surface area contributed by atoms with E-state index in [1.54, 1.807) is 13.0 Å². The van der Waals surface area contributed by atoms with Gasteiger partial charge in [0.1, 0.15) is 31.3 Å². The summed E-state index contributed by atoms with van der Waals surface area (Å²) in [5.41, 5.74) is 6.11. The summed E-state index contributed by atoms with van der Waals surface area (Å²) in [5, 5.41) is 40.2. The Morgan fingerprint density at radius 1 is 0.684 bits per heavy atom. The Hall–Kier alpha value is -7.69. The highest BCUT2D eigenvalue weighted by molar-refractivity contribution is 6.33. The number of hydrogen-bond donors (Lipinski definition) is 3. The molecule has 3 N–H and O–H groups in total. The van der Waals surface area contributed by atoms with Gasteiger partial charge >= 0.3 is 11.4 Å². The molecule has 20 nitrogen and oxygen atoms in total.